The topological polar surface area (TPSA) is 42.4 Å². The molecule has 1 unspecified atom stereocenters. The Morgan fingerprint density at radius 2 is 1.74 bits per heavy atom. The maximum Gasteiger partial charge on any atom is 0.108 e. The van der Waals surface area contributed by atoms with Gasteiger partial charge in [0.15, 0.2) is 0 Å². The van der Waals surface area contributed by atoms with Crippen LogP contribution in [0.15, 0.2) is 42.5 Å². The van der Waals surface area contributed by atoms with Crippen molar-refractivity contribution in [3.63, 3.8) is 0 Å². The van der Waals surface area contributed by atoms with E-state index in [0.29, 0.717) is 10.0 Å². The van der Waals surface area contributed by atoms with E-state index in [1.54, 1.807) is 0 Å². The monoisotopic (exact) mass is 403 g/mol. The number of halogens is 2. The fourth-order valence-corrected chi connectivity index (χ4v) is 3.66. The molecule has 142 valence electrons. The molecule has 0 aliphatic rings. The SMILES string of the molecule is Cc1ccc2c(-c3ccc(Cl)cc3)c(C(CO)OC(C)(C)C)c(Cl)cc2n1. The molecule has 1 atom stereocenters. The third-order valence-electron chi connectivity index (χ3n) is 4.24. The fourth-order valence-electron chi connectivity index (χ4n) is 3.22. The van der Waals surface area contributed by atoms with Crippen molar-refractivity contribution in [2.75, 3.05) is 6.61 Å². The van der Waals surface area contributed by atoms with Crippen LogP contribution in [-0.2, 0) is 4.74 Å². The van der Waals surface area contributed by atoms with Crippen molar-refractivity contribution < 1.29 is 9.84 Å². The number of ether oxygens (including phenoxy) is 1. The Hall–Kier alpha value is -1.65. The van der Waals surface area contributed by atoms with E-state index in [2.05, 4.69) is 4.98 Å². The molecule has 0 fully saturated rings. The van der Waals surface area contributed by atoms with E-state index in [4.69, 9.17) is 27.9 Å². The van der Waals surface area contributed by atoms with E-state index >= 15 is 0 Å². The third kappa shape index (κ3) is 4.44. The number of aromatic nitrogens is 1. The lowest BCUT2D eigenvalue weighted by Gasteiger charge is -2.29. The normalized spacial score (nSPS) is 13.1. The Kier molecular flexibility index (Phi) is 5.78. The van der Waals surface area contributed by atoms with E-state index < -0.39 is 11.7 Å². The molecule has 5 heteroatoms. The summed E-state index contributed by atoms with van der Waals surface area (Å²) in [6.07, 6.45) is -0.561. The highest BCUT2D eigenvalue weighted by Gasteiger charge is 2.26. The lowest BCUT2D eigenvalue weighted by Crippen LogP contribution is -2.25. The van der Waals surface area contributed by atoms with Gasteiger partial charge in [-0.1, -0.05) is 41.4 Å². The van der Waals surface area contributed by atoms with Crippen molar-refractivity contribution >= 4 is 34.1 Å². The number of hydrogen-bond donors (Lipinski definition) is 1. The minimum absolute atomic E-state index is 0.178. The number of aryl methyl sites for hydroxylation is 1. The average Bonchev–Trinajstić information content (AvgIpc) is 2.58. The highest BCUT2D eigenvalue weighted by molar-refractivity contribution is 6.33. The van der Waals surface area contributed by atoms with Gasteiger partial charge in [0.2, 0.25) is 0 Å². The predicted molar refractivity (Wildman–Crippen MR) is 113 cm³/mol. The van der Waals surface area contributed by atoms with Crippen LogP contribution < -0.4 is 0 Å². The zero-order chi connectivity index (χ0) is 19.8. The van der Waals surface area contributed by atoms with Crippen LogP contribution in [0.3, 0.4) is 0 Å². The quantitative estimate of drug-likeness (QED) is 0.550. The van der Waals surface area contributed by atoms with Gasteiger partial charge >= 0.3 is 0 Å². The zero-order valence-electron chi connectivity index (χ0n) is 15.9. The summed E-state index contributed by atoms with van der Waals surface area (Å²) in [6.45, 7) is 7.64. The van der Waals surface area contributed by atoms with Gasteiger partial charge in [-0.3, -0.25) is 4.98 Å². The molecule has 0 aliphatic carbocycles. The molecular weight excluding hydrogens is 381 g/mol. The van der Waals surface area contributed by atoms with E-state index in [0.717, 1.165) is 33.3 Å². The maximum absolute atomic E-state index is 10.1. The standard InChI is InChI=1S/C22H23Cl2NO2/c1-13-5-10-16-18(25-13)11-17(24)21(19(12-26)27-22(2,3)4)20(16)14-6-8-15(23)9-7-14/h5-11,19,26H,12H2,1-4H3. The van der Waals surface area contributed by atoms with Gasteiger partial charge in [-0.05, 0) is 63.1 Å². The second-order valence-corrected chi connectivity index (χ2v) is 8.42. The molecule has 3 aromatic rings. The molecule has 1 N–H and O–H groups in total. The smallest absolute Gasteiger partial charge is 0.108 e. The molecule has 0 spiro atoms. The molecule has 0 radical (unpaired) electrons. The van der Waals surface area contributed by atoms with Gasteiger partial charge < -0.3 is 9.84 Å². The van der Waals surface area contributed by atoms with E-state index in [-0.39, 0.29) is 6.61 Å². The Balaban J connectivity index is 2.34. The van der Waals surface area contributed by atoms with Crippen LogP contribution in [0.4, 0.5) is 0 Å². The molecule has 27 heavy (non-hydrogen) atoms. The number of rotatable bonds is 4. The lowest BCUT2D eigenvalue weighted by molar-refractivity contribution is -0.0819. The van der Waals surface area contributed by atoms with E-state index in [1.165, 1.54) is 0 Å². The summed E-state index contributed by atoms with van der Waals surface area (Å²) in [5.74, 6) is 0. The van der Waals surface area contributed by atoms with Gasteiger partial charge in [0, 0.05) is 26.7 Å². The summed E-state index contributed by atoms with van der Waals surface area (Å²) in [6, 6.07) is 13.4. The maximum atomic E-state index is 10.1. The molecule has 1 heterocycles. The minimum Gasteiger partial charge on any atom is -0.393 e. The van der Waals surface area contributed by atoms with Gasteiger partial charge in [-0.15, -0.1) is 0 Å². The zero-order valence-corrected chi connectivity index (χ0v) is 17.4. The number of aliphatic hydroxyl groups is 1. The van der Waals surface area contributed by atoms with Gasteiger partial charge in [-0.2, -0.15) is 0 Å². The first-order valence-electron chi connectivity index (χ1n) is 8.84. The molecule has 1 aromatic heterocycles. The first kappa shape index (κ1) is 20.1. The van der Waals surface area contributed by atoms with Gasteiger partial charge in [0.05, 0.1) is 17.7 Å². The highest BCUT2D eigenvalue weighted by Crippen LogP contribution is 2.42. The second-order valence-electron chi connectivity index (χ2n) is 7.57. The number of benzene rings is 2. The lowest BCUT2D eigenvalue weighted by atomic mass is 9.91. The number of aliphatic hydroxyl groups excluding tert-OH is 1. The Morgan fingerprint density at radius 1 is 1.07 bits per heavy atom. The van der Waals surface area contributed by atoms with Gasteiger partial charge in [0.25, 0.3) is 0 Å². The predicted octanol–water partition coefficient (Wildman–Crippen LogP) is 6.37. The van der Waals surface area contributed by atoms with Crippen LogP contribution in [-0.4, -0.2) is 22.3 Å². The van der Waals surface area contributed by atoms with E-state index in [1.807, 2.05) is 70.2 Å². The van der Waals surface area contributed by atoms with Gasteiger partial charge in [-0.25, -0.2) is 0 Å². The Labute approximate surface area is 169 Å². The fraction of sp³-hybridized carbons (Fsp3) is 0.318. The van der Waals surface area contributed by atoms with Crippen molar-refractivity contribution in [3.05, 3.63) is 63.8 Å². The summed E-state index contributed by atoms with van der Waals surface area (Å²) in [5.41, 5.74) is 3.90. The van der Waals surface area contributed by atoms with Crippen molar-refractivity contribution in [2.45, 2.75) is 39.4 Å². The van der Waals surface area contributed by atoms with Crippen LogP contribution in [0.1, 0.15) is 38.1 Å². The molecular formula is C22H23Cl2NO2. The van der Waals surface area contributed by atoms with E-state index in [9.17, 15) is 5.11 Å². The molecule has 0 saturated carbocycles. The van der Waals surface area contributed by atoms with Crippen LogP contribution in [0.5, 0.6) is 0 Å². The molecule has 2 aromatic carbocycles. The number of hydrogen-bond acceptors (Lipinski definition) is 3. The molecule has 0 amide bonds. The van der Waals surface area contributed by atoms with Crippen molar-refractivity contribution in [1.29, 1.82) is 0 Å². The molecule has 0 aliphatic heterocycles. The first-order chi connectivity index (χ1) is 12.7. The highest BCUT2D eigenvalue weighted by atomic mass is 35.5. The summed E-state index contributed by atoms with van der Waals surface area (Å²) in [7, 11) is 0. The van der Waals surface area contributed by atoms with Crippen LogP contribution in [0, 0.1) is 6.92 Å². The molecule has 3 nitrogen and oxygen atoms in total. The average molecular weight is 404 g/mol. The van der Waals surface area contributed by atoms with Crippen LogP contribution in [0.25, 0.3) is 22.0 Å². The van der Waals surface area contributed by atoms with Crippen LogP contribution in [0.2, 0.25) is 10.0 Å². The van der Waals surface area contributed by atoms with Crippen molar-refractivity contribution in [1.82, 2.24) is 4.98 Å². The summed E-state index contributed by atoms with van der Waals surface area (Å²) >= 11 is 12.8. The summed E-state index contributed by atoms with van der Waals surface area (Å²) in [5, 5.41) is 12.2. The largest absolute Gasteiger partial charge is 0.393 e. The van der Waals surface area contributed by atoms with Crippen molar-refractivity contribution in [2.24, 2.45) is 0 Å². The third-order valence-corrected chi connectivity index (χ3v) is 4.80. The van der Waals surface area contributed by atoms with Crippen LogP contribution >= 0.6 is 23.2 Å². The number of fused-ring (bicyclic) bond motifs is 1. The molecule has 0 saturated heterocycles. The Morgan fingerprint density at radius 3 is 2.33 bits per heavy atom. The minimum atomic E-state index is -0.561. The first-order valence-corrected chi connectivity index (χ1v) is 9.59. The number of pyridine rings is 1. The summed E-state index contributed by atoms with van der Waals surface area (Å²) < 4.78 is 6.13. The second kappa shape index (κ2) is 7.76. The molecule has 0 bridgehead atoms. The summed E-state index contributed by atoms with van der Waals surface area (Å²) in [4.78, 5) is 4.63. The Bertz CT molecular complexity index is 963. The van der Waals surface area contributed by atoms with Crippen molar-refractivity contribution in [3.8, 4) is 11.1 Å². The van der Waals surface area contributed by atoms with Gasteiger partial charge in [0.1, 0.15) is 6.10 Å². The number of nitrogens with zero attached hydrogens (tertiary/aromatic N) is 1. The molecule has 3 rings (SSSR count).